The molecule has 2 atom stereocenters. The Hall–Kier alpha value is -4.33. The predicted octanol–water partition coefficient (Wildman–Crippen LogP) is 2.60. The van der Waals surface area contributed by atoms with Gasteiger partial charge in [0.05, 0.1) is 5.56 Å². The molecule has 11 nitrogen and oxygen atoms in total. The van der Waals surface area contributed by atoms with Crippen LogP contribution in [0.25, 0.3) is 0 Å². The number of amides is 5. The highest BCUT2D eigenvalue weighted by molar-refractivity contribution is 6.01. The summed E-state index contributed by atoms with van der Waals surface area (Å²) < 4.78 is 1.59. The zero-order valence-electron chi connectivity index (χ0n) is 24.8. The zero-order valence-corrected chi connectivity index (χ0v) is 24.8. The van der Waals surface area contributed by atoms with Gasteiger partial charge in [0.25, 0.3) is 5.91 Å². The Bertz CT molecular complexity index is 1510. The normalized spacial score (nSPS) is 23.1. The van der Waals surface area contributed by atoms with E-state index in [1.807, 2.05) is 18.2 Å². The third-order valence-corrected chi connectivity index (χ3v) is 9.97. The number of benzene rings is 1. The molecule has 226 valence electrons. The molecule has 1 aromatic carbocycles. The van der Waals surface area contributed by atoms with Gasteiger partial charge in [0.1, 0.15) is 23.3 Å². The lowest BCUT2D eigenvalue weighted by molar-refractivity contribution is -0.131. The van der Waals surface area contributed by atoms with E-state index in [4.69, 9.17) is 0 Å². The quantitative estimate of drug-likeness (QED) is 0.394. The third-order valence-electron chi connectivity index (χ3n) is 9.97. The lowest BCUT2D eigenvalue weighted by Gasteiger charge is -2.44. The van der Waals surface area contributed by atoms with Crippen LogP contribution in [0.3, 0.4) is 0 Å². The van der Waals surface area contributed by atoms with E-state index in [0.717, 1.165) is 56.1 Å². The number of carbonyl (C=O) groups is 4. The second-order valence-corrected chi connectivity index (χ2v) is 12.9. The standard InChI is InChI=1S/C32H39N7O4/c1-34-29(42)32(39-19-31(10-11-31)18-35-30(39)43)14-22-8-9-24(13-23(22)15-32)36-28(41)26(21-6-4-3-5-7-21)37-27(40)25-12-20(16-33)17-38(25)2/h8-9,12-13,17,21,26H,3-7,10-11,14-15,18-19H2,1-2H3,(H,34,42)(H,35,43)(H,36,41)(H,37,40). The van der Waals surface area contributed by atoms with E-state index in [9.17, 15) is 24.4 Å². The van der Waals surface area contributed by atoms with E-state index in [-0.39, 0.29) is 29.2 Å². The highest BCUT2D eigenvalue weighted by Gasteiger charge is 2.57. The van der Waals surface area contributed by atoms with Crippen LogP contribution >= 0.6 is 0 Å². The fraction of sp³-hybridized carbons (Fsp3) is 0.531. The van der Waals surface area contributed by atoms with Crippen LogP contribution in [0.2, 0.25) is 0 Å². The minimum atomic E-state index is -1.03. The molecule has 1 saturated heterocycles. The summed E-state index contributed by atoms with van der Waals surface area (Å²) in [7, 11) is 3.30. The van der Waals surface area contributed by atoms with Crippen molar-refractivity contribution in [2.75, 3.05) is 25.5 Å². The smallest absolute Gasteiger partial charge is 0.318 e. The fourth-order valence-electron chi connectivity index (χ4n) is 7.27. The molecule has 2 saturated carbocycles. The maximum Gasteiger partial charge on any atom is 0.318 e. The molecule has 43 heavy (non-hydrogen) atoms. The van der Waals surface area contributed by atoms with Crippen molar-refractivity contribution in [3.8, 4) is 6.07 Å². The van der Waals surface area contributed by atoms with Crippen LogP contribution in [0.1, 0.15) is 72.1 Å². The third kappa shape index (κ3) is 5.35. The molecule has 6 rings (SSSR count). The Morgan fingerprint density at radius 3 is 2.51 bits per heavy atom. The molecule has 5 amide bonds. The molecule has 3 fully saturated rings. The molecule has 4 N–H and O–H groups in total. The van der Waals surface area contributed by atoms with Gasteiger partial charge < -0.3 is 30.7 Å². The average Bonchev–Trinajstić information content (AvgIpc) is 3.48. The van der Waals surface area contributed by atoms with Gasteiger partial charge in [-0.15, -0.1) is 0 Å². The Kier molecular flexibility index (Phi) is 7.40. The first kappa shape index (κ1) is 28.8. The van der Waals surface area contributed by atoms with Crippen molar-refractivity contribution in [3.05, 3.63) is 52.8 Å². The van der Waals surface area contributed by atoms with Crippen LogP contribution in [0.15, 0.2) is 30.5 Å². The van der Waals surface area contributed by atoms with Gasteiger partial charge in [0.15, 0.2) is 0 Å². The summed E-state index contributed by atoms with van der Waals surface area (Å²) in [4.78, 5) is 55.2. The first-order chi connectivity index (χ1) is 20.7. The van der Waals surface area contributed by atoms with E-state index in [2.05, 4.69) is 27.3 Å². The van der Waals surface area contributed by atoms with E-state index in [0.29, 0.717) is 42.9 Å². The Labute approximate surface area is 251 Å². The second kappa shape index (κ2) is 11.1. The van der Waals surface area contributed by atoms with E-state index < -0.39 is 17.5 Å². The number of aryl methyl sites for hydroxylation is 1. The first-order valence-electron chi connectivity index (χ1n) is 15.2. The molecule has 4 aliphatic rings. The maximum absolute atomic E-state index is 13.8. The number of anilines is 1. The van der Waals surface area contributed by atoms with E-state index in [1.165, 1.54) is 6.07 Å². The highest BCUT2D eigenvalue weighted by Crippen LogP contribution is 2.49. The number of carbonyl (C=O) groups excluding carboxylic acids is 4. The number of urea groups is 1. The van der Waals surface area contributed by atoms with Crippen molar-refractivity contribution in [1.82, 2.24) is 25.4 Å². The Morgan fingerprint density at radius 1 is 1.09 bits per heavy atom. The largest absolute Gasteiger partial charge is 0.357 e. The lowest BCUT2D eigenvalue weighted by Crippen LogP contribution is -2.67. The topological polar surface area (TPSA) is 148 Å². The Balaban J connectivity index is 1.22. The number of fused-ring (bicyclic) bond motifs is 1. The summed E-state index contributed by atoms with van der Waals surface area (Å²) in [5.74, 6) is -0.887. The van der Waals surface area contributed by atoms with Crippen LogP contribution in [-0.2, 0) is 29.5 Å². The summed E-state index contributed by atoms with van der Waals surface area (Å²) in [5.41, 5.74) is 2.19. The van der Waals surface area contributed by atoms with Crippen molar-refractivity contribution in [1.29, 1.82) is 5.26 Å². The van der Waals surface area contributed by atoms with Crippen molar-refractivity contribution in [2.24, 2.45) is 18.4 Å². The van der Waals surface area contributed by atoms with Crippen LogP contribution in [0, 0.1) is 22.7 Å². The van der Waals surface area contributed by atoms with Crippen LogP contribution in [0.5, 0.6) is 0 Å². The van der Waals surface area contributed by atoms with Gasteiger partial charge in [-0.2, -0.15) is 5.26 Å². The number of hydrogen-bond donors (Lipinski definition) is 4. The molecule has 3 aliphatic carbocycles. The average molecular weight is 586 g/mol. The van der Waals surface area contributed by atoms with Gasteiger partial charge in [0.2, 0.25) is 11.8 Å². The number of nitrogens with zero attached hydrogens (tertiary/aromatic N) is 3. The summed E-state index contributed by atoms with van der Waals surface area (Å²) in [6.07, 6.45) is 9.22. The van der Waals surface area contributed by atoms with Gasteiger partial charge >= 0.3 is 6.03 Å². The molecule has 0 radical (unpaired) electrons. The van der Waals surface area contributed by atoms with Crippen LogP contribution in [0.4, 0.5) is 10.5 Å². The molecule has 2 unspecified atom stereocenters. The molecule has 1 spiro atoms. The summed E-state index contributed by atoms with van der Waals surface area (Å²) in [6, 6.07) is 8.26. The molecular weight excluding hydrogens is 546 g/mol. The minimum absolute atomic E-state index is 0.00362. The molecule has 0 bridgehead atoms. The first-order valence-corrected chi connectivity index (χ1v) is 15.2. The van der Waals surface area contributed by atoms with Gasteiger partial charge in [-0.25, -0.2) is 4.79 Å². The number of aromatic nitrogens is 1. The molecule has 1 aromatic heterocycles. The molecule has 2 aromatic rings. The lowest BCUT2D eigenvalue weighted by atomic mass is 9.83. The SMILES string of the molecule is CNC(=O)C1(N2CC3(CC3)CNC2=O)Cc2ccc(NC(=O)C(NC(=O)c3cc(C#N)cn3C)C3CCCCC3)cc2C1. The number of rotatable bonds is 7. The van der Waals surface area contributed by atoms with E-state index in [1.54, 1.807) is 29.8 Å². The van der Waals surface area contributed by atoms with Gasteiger partial charge in [-0.1, -0.05) is 25.3 Å². The van der Waals surface area contributed by atoms with Gasteiger partial charge in [-0.05, 0) is 60.9 Å². The Morgan fingerprint density at radius 2 is 1.84 bits per heavy atom. The zero-order chi connectivity index (χ0) is 30.4. The summed E-state index contributed by atoms with van der Waals surface area (Å²) >= 11 is 0. The molecule has 2 heterocycles. The molecular formula is C32H39N7O4. The highest BCUT2D eigenvalue weighted by atomic mass is 16.2. The minimum Gasteiger partial charge on any atom is -0.357 e. The van der Waals surface area contributed by atoms with E-state index >= 15 is 0 Å². The van der Waals surface area contributed by atoms with Gasteiger partial charge in [-0.3, -0.25) is 14.4 Å². The van der Waals surface area contributed by atoms with Crippen LogP contribution < -0.4 is 21.3 Å². The maximum atomic E-state index is 13.8. The number of nitrogens with one attached hydrogen (secondary N) is 4. The van der Waals surface area contributed by atoms with Gasteiger partial charge in [0, 0.05) is 57.3 Å². The number of likely N-dealkylation sites (N-methyl/N-ethyl adjacent to an activating group) is 1. The fourth-order valence-corrected chi connectivity index (χ4v) is 7.27. The van der Waals surface area contributed by atoms with Crippen molar-refractivity contribution in [2.45, 2.75) is 69.4 Å². The molecule has 1 aliphatic heterocycles. The molecule has 11 heteroatoms. The van der Waals surface area contributed by atoms with Crippen molar-refractivity contribution >= 4 is 29.4 Å². The number of nitriles is 1. The second-order valence-electron chi connectivity index (χ2n) is 12.9. The van der Waals surface area contributed by atoms with Crippen LogP contribution in [-0.4, -0.2) is 64.9 Å². The summed E-state index contributed by atoms with van der Waals surface area (Å²) in [5, 5.41) is 21.0. The number of hydrogen-bond acceptors (Lipinski definition) is 5. The van der Waals surface area contributed by atoms with Crippen molar-refractivity contribution < 1.29 is 19.2 Å². The monoisotopic (exact) mass is 585 g/mol. The summed E-state index contributed by atoms with van der Waals surface area (Å²) in [6.45, 7) is 1.21. The van der Waals surface area contributed by atoms with Crippen molar-refractivity contribution in [3.63, 3.8) is 0 Å². The predicted molar refractivity (Wildman–Crippen MR) is 159 cm³/mol.